The SMILES string of the molecule is CCCNC(Cc1cccc(F)c1)c1ccsc1C. The van der Waals surface area contributed by atoms with Crippen LogP contribution in [0.15, 0.2) is 35.7 Å². The second-order valence-electron chi connectivity index (χ2n) is 4.77. The normalized spacial score (nSPS) is 12.6. The van der Waals surface area contributed by atoms with Crippen LogP contribution in [0, 0.1) is 12.7 Å². The van der Waals surface area contributed by atoms with Crippen molar-refractivity contribution in [1.29, 1.82) is 0 Å². The fraction of sp³-hybridized carbons (Fsp3) is 0.375. The first-order chi connectivity index (χ1) is 9.20. The van der Waals surface area contributed by atoms with Crippen molar-refractivity contribution in [1.82, 2.24) is 5.32 Å². The molecule has 1 heterocycles. The van der Waals surface area contributed by atoms with Crippen molar-refractivity contribution in [2.75, 3.05) is 6.54 Å². The van der Waals surface area contributed by atoms with Gasteiger partial charge in [-0.2, -0.15) is 0 Å². The minimum Gasteiger partial charge on any atom is -0.310 e. The van der Waals surface area contributed by atoms with Crippen LogP contribution in [0.1, 0.15) is 35.4 Å². The molecule has 0 amide bonds. The number of aryl methyl sites for hydroxylation is 1. The molecule has 0 aliphatic rings. The van der Waals surface area contributed by atoms with E-state index in [1.807, 2.05) is 6.07 Å². The molecule has 1 aromatic carbocycles. The monoisotopic (exact) mass is 277 g/mol. The molecule has 0 saturated carbocycles. The molecule has 0 bridgehead atoms. The first-order valence-electron chi connectivity index (χ1n) is 6.72. The minimum atomic E-state index is -0.159. The van der Waals surface area contributed by atoms with Crippen LogP contribution in [-0.2, 0) is 6.42 Å². The molecule has 2 aromatic rings. The number of hydrogen-bond donors (Lipinski definition) is 1. The van der Waals surface area contributed by atoms with Crippen molar-refractivity contribution in [3.63, 3.8) is 0 Å². The molecular weight excluding hydrogens is 257 g/mol. The molecule has 0 saturated heterocycles. The second kappa shape index (κ2) is 6.83. The molecular formula is C16H20FNS. The van der Waals surface area contributed by atoms with Crippen molar-refractivity contribution in [2.45, 2.75) is 32.7 Å². The van der Waals surface area contributed by atoms with Gasteiger partial charge in [0.1, 0.15) is 5.82 Å². The highest BCUT2D eigenvalue weighted by Gasteiger charge is 2.14. The van der Waals surface area contributed by atoms with Crippen LogP contribution in [0.2, 0.25) is 0 Å². The van der Waals surface area contributed by atoms with Crippen LogP contribution in [0.3, 0.4) is 0 Å². The van der Waals surface area contributed by atoms with Crippen molar-refractivity contribution in [3.05, 3.63) is 57.5 Å². The Morgan fingerprint density at radius 2 is 2.16 bits per heavy atom. The number of nitrogens with one attached hydrogen (secondary N) is 1. The van der Waals surface area contributed by atoms with Gasteiger partial charge in [-0.3, -0.25) is 0 Å². The smallest absolute Gasteiger partial charge is 0.123 e. The maximum Gasteiger partial charge on any atom is 0.123 e. The summed E-state index contributed by atoms with van der Waals surface area (Å²) >= 11 is 1.77. The Morgan fingerprint density at radius 1 is 1.32 bits per heavy atom. The van der Waals surface area contributed by atoms with E-state index in [4.69, 9.17) is 0 Å². The summed E-state index contributed by atoms with van der Waals surface area (Å²) in [6.45, 7) is 5.29. The average molecular weight is 277 g/mol. The van der Waals surface area contributed by atoms with E-state index in [2.05, 4.69) is 30.6 Å². The van der Waals surface area contributed by atoms with Crippen molar-refractivity contribution in [3.8, 4) is 0 Å². The lowest BCUT2D eigenvalue weighted by Gasteiger charge is -2.19. The zero-order valence-corrected chi connectivity index (χ0v) is 12.3. The van der Waals surface area contributed by atoms with Gasteiger partial charge in [0.15, 0.2) is 0 Å². The van der Waals surface area contributed by atoms with E-state index in [1.54, 1.807) is 23.5 Å². The third-order valence-corrected chi connectivity index (χ3v) is 4.11. The first-order valence-corrected chi connectivity index (χ1v) is 7.60. The Kier molecular flexibility index (Phi) is 5.11. The van der Waals surface area contributed by atoms with Crippen molar-refractivity contribution < 1.29 is 4.39 Å². The summed E-state index contributed by atoms with van der Waals surface area (Å²) in [5.41, 5.74) is 2.38. The summed E-state index contributed by atoms with van der Waals surface area (Å²) < 4.78 is 13.3. The highest BCUT2D eigenvalue weighted by molar-refractivity contribution is 7.10. The van der Waals surface area contributed by atoms with Gasteiger partial charge in [-0.05, 0) is 61.0 Å². The molecule has 102 valence electrons. The van der Waals surface area contributed by atoms with E-state index in [0.29, 0.717) is 0 Å². The van der Waals surface area contributed by atoms with E-state index >= 15 is 0 Å². The van der Waals surface area contributed by atoms with E-state index in [0.717, 1.165) is 24.9 Å². The fourth-order valence-corrected chi connectivity index (χ4v) is 3.03. The van der Waals surface area contributed by atoms with E-state index in [9.17, 15) is 4.39 Å². The van der Waals surface area contributed by atoms with Gasteiger partial charge >= 0.3 is 0 Å². The third kappa shape index (κ3) is 3.88. The van der Waals surface area contributed by atoms with Gasteiger partial charge in [0.05, 0.1) is 0 Å². The zero-order chi connectivity index (χ0) is 13.7. The molecule has 2 rings (SSSR count). The third-order valence-electron chi connectivity index (χ3n) is 3.24. The Morgan fingerprint density at radius 3 is 2.79 bits per heavy atom. The van der Waals surface area contributed by atoms with Crippen LogP contribution in [0.5, 0.6) is 0 Å². The Hall–Kier alpha value is -1.19. The maximum absolute atomic E-state index is 13.3. The lowest BCUT2D eigenvalue weighted by Crippen LogP contribution is -2.24. The van der Waals surface area contributed by atoms with E-state index in [-0.39, 0.29) is 11.9 Å². The summed E-state index contributed by atoms with van der Waals surface area (Å²) in [7, 11) is 0. The van der Waals surface area contributed by atoms with Gasteiger partial charge in [-0.25, -0.2) is 4.39 Å². The summed E-state index contributed by atoms with van der Waals surface area (Å²) in [6, 6.07) is 9.34. The maximum atomic E-state index is 13.3. The quantitative estimate of drug-likeness (QED) is 0.821. The average Bonchev–Trinajstić information content (AvgIpc) is 2.81. The van der Waals surface area contributed by atoms with E-state index in [1.165, 1.54) is 16.5 Å². The fourth-order valence-electron chi connectivity index (χ4n) is 2.27. The topological polar surface area (TPSA) is 12.0 Å². The largest absolute Gasteiger partial charge is 0.310 e. The van der Waals surface area contributed by atoms with Crippen LogP contribution >= 0.6 is 11.3 Å². The lowest BCUT2D eigenvalue weighted by atomic mass is 9.99. The predicted octanol–water partition coefficient (Wildman–Crippen LogP) is 4.48. The lowest BCUT2D eigenvalue weighted by molar-refractivity contribution is 0.527. The Bertz CT molecular complexity index is 521. The van der Waals surface area contributed by atoms with Gasteiger partial charge < -0.3 is 5.32 Å². The molecule has 0 radical (unpaired) electrons. The van der Waals surface area contributed by atoms with Gasteiger partial charge in [0.25, 0.3) is 0 Å². The second-order valence-corrected chi connectivity index (χ2v) is 5.89. The summed E-state index contributed by atoms with van der Waals surface area (Å²) in [6.07, 6.45) is 1.93. The molecule has 0 fully saturated rings. The number of benzene rings is 1. The van der Waals surface area contributed by atoms with Gasteiger partial charge in [-0.15, -0.1) is 11.3 Å². The first kappa shape index (κ1) is 14.2. The standard InChI is InChI=1S/C16H20FNS/c1-3-8-18-16(15-7-9-19-12(15)2)11-13-5-4-6-14(17)10-13/h4-7,9-10,16,18H,3,8,11H2,1-2H3. The van der Waals surface area contributed by atoms with Crippen LogP contribution in [-0.4, -0.2) is 6.54 Å². The van der Waals surface area contributed by atoms with E-state index < -0.39 is 0 Å². The Labute approximate surface area is 118 Å². The number of hydrogen-bond acceptors (Lipinski definition) is 2. The summed E-state index contributed by atoms with van der Waals surface area (Å²) in [5, 5.41) is 5.69. The van der Waals surface area contributed by atoms with Crippen LogP contribution in [0.4, 0.5) is 4.39 Å². The highest BCUT2D eigenvalue weighted by Crippen LogP contribution is 2.25. The predicted molar refractivity (Wildman–Crippen MR) is 80.2 cm³/mol. The molecule has 0 aliphatic heterocycles. The zero-order valence-electron chi connectivity index (χ0n) is 11.4. The van der Waals surface area contributed by atoms with Gasteiger partial charge in [0, 0.05) is 10.9 Å². The van der Waals surface area contributed by atoms with Crippen LogP contribution < -0.4 is 5.32 Å². The van der Waals surface area contributed by atoms with Gasteiger partial charge in [0.2, 0.25) is 0 Å². The molecule has 0 aliphatic carbocycles. The minimum absolute atomic E-state index is 0.159. The summed E-state index contributed by atoms with van der Waals surface area (Å²) in [4.78, 5) is 1.34. The highest BCUT2D eigenvalue weighted by atomic mass is 32.1. The Balaban J connectivity index is 2.16. The molecule has 0 spiro atoms. The molecule has 1 nitrogen and oxygen atoms in total. The molecule has 1 unspecified atom stereocenters. The molecule has 1 aromatic heterocycles. The van der Waals surface area contributed by atoms with Crippen molar-refractivity contribution in [2.24, 2.45) is 0 Å². The van der Waals surface area contributed by atoms with Crippen molar-refractivity contribution >= 4 is 11.3 Å². The molecule has 19 heavy (non-hydrogen) atoms. The molecule has 3 heteroatoms. The number of rotatable bonds is 6. The molecule has 1 atom stereocenters. The van der Waals surface area contributed by atoms with Gasteiger partial charge in [-0.1, -0.05) is 19.1 Å². The number of thiophene rings is 1. The van der Waals surface area contributed by atoms with Crippen LogP contribution in [0.25, 0.3) is 0 Å². The summed E-state index contributed by atoms with van der Waals surface area (Å²) in [5.74, 6) is -0.159. The molecule has 1 N–H and O–H groups in total. The number of halogens is 1.